The van der Waals surface area contributed by atoms with Crippen LogP contribution in [0, 0.1) is 24.0 Å². The Morgan fingerprint density at radius 3 is 2.71 bits per heavy atom. The van der Waals surface area contributed by atoms with Crippen LogP contribution in [0.2, 0.25) is 0 Å². The molecule has 0 saturated heterocycles. The van der Waals surface area contributed by atoms with Crippen LogP contribution in [0.25, 0.3) is 10.6 Å². The maximum absolute atomic E-state index is 10.9. The minimum Gasteiger partial charge on any atom is -0.375 e. The molecule has 0 aliphatic rings. The van der Waals surface area contributed by atoms with Gasteiger partial charge in [0, 0.05) is 18.3 Å². The Labute approximate surface area is 141 Å². The van der Waals surface area contributed by atoms with E-state index in [-0.39, 0.29) is 5.69 Å². The van der Waals surface area contributed by atoms with Gasteiger partial charge in [-0.05, 0) is 25.5 Å². The molecule has 8 nitrogen and oxygen atoms in total. The summed E-state index contributed by atoms with van der Waals surface area (Å²) in [4.78, 5) is 24.2. The lowest BCUT2D eigenvalue weighted by atomic mass is 10.2. The van der Waals surface area contributed by atoms with Gasteiger partial charge >= 0.3 is 0 Å². The monoisotopic (exact) mass is 342 g/mol. The zero-order valence-electron chi connectivity index (χ0n) is 13.0. The van der Waals surface area contributed by atoms with Gasteiger partial charge in [-0.3, -0.25) is 10.1 Å². The number of anilines is 3. The fraction of sp³-hybridized carbons (Fsp3) is 0.133. The number of nitro benzene ring substituents is 1. The Hall–Kier alpha value is -3.07. The highest BCUT2D eigenvalue weighted by atomic mass is 32.1. The molecule has 0 radical (unpaired) electrons. The number of hydrogen-bond acceptors (Lipinski definition) is 8. The van der Waals surface area contributed by atoms with Crippen molar-refractivity contribution in [3.8, 4) is 10.6 Å². The molecule has 2 heterocycles. The zero-order valence-corrected chi connectivity index (χ0v) is 13.8. The first-order chi connectivity index (χ1) is 11.4. The summed E-state index contributed by atoms with van der Waals surface area (Å²) in [6.07, 6.45) is 1.62. The van der Waals surface area contributed by atoms with E-state index >= 15 is 0 Å². The fourth-order valence-corrected chi connectivity index (χ4v) is 2.98. The number of benzene rings is 1. The number of rotatable bonds is 4. The van der Waals surface area contributed by atoms with Crippen molar-refractivity contribution >= 4 is 33.8 Å². The number of hydrogen-bond donors (Lipinski definition) is 2. The fourth-order valence-electron chi connectivity index (χ4n) is 2.18. The lowest BCUT2D eigenvalue weighted by molar-refractivity contribution is -0.384. The van der Waals surface area contributed by atoms with Gasteiger partial charge in [0.05, 0.1) is 26.9 Å². The third-order valence-electron chi connectivity index (χ3n) is 3.38. The zero-order chi connectivity index (χ0) is 17.3. The first-order valence-electron chi connectivity index (χ1n) is 7.02. The molecule has 0 unspecified atom stereocenters. The normalized spacial score (nSPS) is 10.6. The van der Waals surface area contributed by atoms with E-state index < -0.39 is 4.92 Å². The lowest BCUT2D eigenvalue weighted by Gasteiger charge is -2.08. The van der Waals surface area contributed by atoms with Crippen LogP contribution >= 0.6 is 11.3 Å². The number of aromatic nitrogens is 3. The van der Waals surface area contributed by atoms with Crippen molar-refractivity contribution in [2.45, 2.75) is 13.8 Å². The maximum Gasteiger partial charge on any atom is 0.271 e. The first kappa shape index (κ1) is 15.8. The van der Waals surface area contributed by atoms with Crippen LogP contribution in [0.1, 0.15) is 11.3 Å². The molecule has 0 bridgehead atoms. The van der Waals surface area contributed by atoms with Crippen molar-refractivity contribution in [1.82, 2.24) is 15.0 Å². The summed E-state index contributed by atoms with van der Waals surface area (Å²) in [6.45, 7) is 3.71. The van der Waals surface area contributed by atoms with Gasteiger partial charge in [0.25, 0.3) is 5.69 Å². The Balaban J connectivity index is 1.94. The van der Waals surface area contributed by atoms with E-state index in [1.807, 2.05) is 13.8 Å². The number of non-ortho nitro benzene ring substituents is 1. The quantitative estimate of drug-likeness (QED) is 0.550. The molecule has 3 rings (SSSR count). The van der Waals surface area contributed by atoms with Gasteiger partial charge in [-0.25, -0.2) is 15.0 Å². The Kier molecular flexibility index (Phi) is 4.09. The molecule has 1 aromatic carbocycles. The summed E-state index contributed by atoms with van der Waals surface area (Å²) in [6, 6.07) is 6.37. The number of nitrogens with zero attached hydrogens (tertiary/aromatic N) is 4. The Morgan fingerprint density at radius 2 is 2.04 bits per heavy atom. The predicted molar refractivity (Wildman–Crippen MR) is 93.4 cm³/mol. The van der Waals surface area contributed by atoms with Crippen LogP contribution in [0.15, 0.2) is 30.5 Å². The molecule has 2 aromatic heterocycles. The van der Waals surface area contributed by atoms with Gasteiger partial charge in [-0.15, -0.1) is 0 Å². The summed E-state index contributed by atoms with van der Waals surface area (Å²) in [7, 11) is 0. The molecule has 0 spiro atoms. The predicted octanol–water partition coefficient (Wildman–Crippen LogP) is 3.45. The van der Waals surface area contributed by atoms with Gasteiger partial charge in [0.1, 0.15) is 0 Å². The maximum atomic E-state index is 10.9. The Morgan fingerprint density at radius 1 is 1.25 bits per heavy atom. The van der Waals surface area contributed by atoms with Gasteiger partial charge in [-0.1, -0.05) is 17.4 Å². The van der Waals surface area contributed by atoms with E-state index in [9.17, 15) is 10.1 Å². The lowest BCUT2D eigenvalue weighted by Crippen LogP contribution is -2.00. The number of thiazole rings is 1. The van der Waals surface area contributed by atoms with E-state index in [2.05, 4.69) is 20.3 Å². The third-order valence-corrected chi connectivity index (χ3v) is 4.39. The number of nitrogens with two attached hydrogens (primary N) is 1. The molecule has 0 aliphatic carbocycles. The van der Waals surface area contributed by atoms with E-state index in [0.717, 1.165) is 16.1 Å². The topological polar surface area (TPSA) is 120 Å². The van der Waals surface area contributed by atoms with Crippen molar-refractivity contribution in [2.75, 3.05) is 11.1 Å². The summed E-state index contributed by atoms with van der Waals surface area (Å²) in [5, 5.41) is 14.4. The van der Waals surface area contributed by atoms with Crippen molar-refractivity contribution in [2.24, 2.45) is 0 Å². The second-order valence-electron chi connectivity index (χ2n) is 5.11. The van der Waals surface area contributed by atoms with Crippen LogP contribution < -0.4 is 11.1 Å². The number of nitrogens with one attached hydrogen (secondary N) is 1. The third kappa shape index (κ3) is 3.15. The second kappa shape index (κ2) is 6.20. The van der Waals surface area contributed by atoms with E-state index in [1.165, 1.54) is 23.5 Å². The van der Waals surface area contributed by atoms with Gasteiger partial charge in [0.15, 0.2) is 5.13 Å². The average Bonchev–Trinajstić information content (AvgIpc) is 2.88. The highest BCUT2D eigenvalue weighted by Gasteiger charge is 2.12. The molecular weight excluding hydrogens is 328 g/mol. The molecule has 0 aliphatic heterocycles. The second-order valence-corrected chi connectivity index (χ2v) is 6.14. The first-order valence-corrected chi connectivity index (χ1v) is 7.84. The Bertz CT molecular complexity index is 924. The summed E-state index contributed by atoms with van der Waals surface area (Å²) < 4.78 is 0. The molecular formula is C15H14N6O2S. The highest BCUT2D eigenvalue weighted by Crippen LogP contribution is 2.31. The molecule has 0 fully saturated rings. The van der Waals surface area contributed by atoms with E-state index in [0.29, 0.717) is 22.5 Å². The van der Waals surface area contributed by atoms with Crippen LogP contribution in [0.5, 0.6) is 0 Å². The van der Waals surface area contributed by atoms with Crippen molar-refractivity contribution < 1.29 is 4.92 Å². The van der Waals surface area contributed by atoms with E-state index in [4.69, 9.17) is 5.73 Å². The number of nitro groups is 1. The molecule has 0 atom stereocenters. The number of aryl methyl sites for hydroxylation is 2. The number of nitrogen functional groups attached to an aromatic ring is 1. The van der Waals surface area contributed by atoms with Crippen molar-refractivity contribution in [3.05, 3.63) is 51.8 Å². The molecule has 122 valence electrons. The largest absolute Gasteiger partial charge is 0.375 e. The summed E-state index contributed by atoms with van der Waals surface area (Å²) in [5.74, 6) is 0.350. The van der Waals surface area contributed by atoms with Crippen LogP contribution in [0.4, 0.5) is 22.5 Å². The molecule has 3 aromatic rings. The minimum atomic E-state index is -0.439. The van der Waals surface area contributed by atoms with Crippen molar-refractivity contribution in [1.29, 1.82) is 0 Å². The van der Waals surface area contributed by atoms with Crippen molar-refractivity contribution in [3.63, 3.8) is 0 Å². The van der Waals surface area contributed by atoms with Gasteiger partial charge in [0.2, 0.25) is 5.95 Å². The van der Waals surface area contributed by atoms with Crippen LogP contribution in [-0.2, 0) is 0 Å². The standard InChI is InChI=1S/C15H14N6O2S/c1-8-3-4-10(21(22)23)7-12(8)20-15-17-6-5-11(19-15)13-9(2)18-14(16)24-13/h3-7H,1-2H3,(H2,16,18)(H,17,19,20). The average molecular weight is 342 g/mol. The van der Waals surface area contributed by atoms with E-state index in [1.54, 1.807) is 18.3 Å². The van der Waals surface area contributed by atoms with Gasteiger partial charge in [-0.2, -0.15) is 0 Å². The smallest absolute Gasteiger partial charge is 0.271 e. The SMILES string of the molecule is Cc1ccc([N+](=O)[O-])cc1Nc1nccc(-c2sc(N)nc2C)n1. The highest BCUT2D eigenvalue weighted by molar-refractivity contribution is 7.18. The summed E-state index contributed by atoms with van der Waals surface area (Å²) in [5.41, 5.74) is 8.67. The summed E-state index contributed by atoms with van der Waals surface area (Å²) >= 11 is 1.35. The van der Waals surface area contributed by atoms with Crippen LogP contribution in [0.3, 0.4) is 0 Å². The molecule has 0 saturated carbocycles. The molecule has 3 N–H and O–H groups in total. The van der Waals surface area contributed by atoms with Crippen LogP contribution in [-0.4, -0.2) is 19.9 Å². The molecule has 0 amide bonds. The molecule has 9 heteroatoms. The molecule has 24 heavy (non-hydrogen) atoms. The van der Waals surface area contributed by atoms with Gasteiger partial charge < -0.3 is 11.1 Å². The minimum absolute atomic E-state index is 0.00493.